The van der Waals surface area contributed by atoms with Crippen LogP contribution >= 0.6 is 0 Å². The second kappa shape index (κ2) is 7.82. The minimum absolute atomic E-state index is 0.112. The summed E-state index contributed by atoms with van der Waals surface area (Å²) in [5.41, 5.74) is 2.72. The van der Waals surface area contributed by atoms with Crippen LogP contribution in [0.25, 0.3) is 0 Å². The number of aryl methyl sites for hydroxylation is 2. The first-order valence-corrected chi connectivity index (χ1v) is 8.65. The molecule has 22 heavy (non-hydrogen) atoms. The van der Waals surface area contributed by atoms with Gasteiger partial charge >= 0.3 is 0 Å². The Kier molecular flexibility index (Phi) is 6.07. The summed E-state index contributed by atoms with van der Waals surface area (Å²) in [5.74, 6) is 2.36. The topological polar surface area (TPSA) is 33.4 Å². The van der Waals surface area contributed by atoms with E-state index in [9.17, 15) is 0 Å². The van der Waals surface area contributed by atoms with Gasteiger partial charge < -0.3 is 9.52 Å². The minimum Gasteiger partial charge on any atom is -0.466 e. The van der Waals surface area contributed by atoms with Crippen molar-refractivity contribution >= 4 is 0 Å². The van der Waals surface area contributed by atoms with Crippen LogP contribution in [0.1, 0.15) is 70.0 Å². The van der Waals surface area contributed by atoms with Gasteiger partial charge in [0.25, 0.3) is 0 Å². The fourth-order valence-electron chi connectivity index (χ4n) is 3.25. The monoisotopic (exact) mass is 302 g/mol. The summed E-state index contributed by atoms with van der Waals surface area (Å²) in [6.07, 6.45) is 14.4. The zero-order valence-electron chi connectivity index (χ0n) is 14.3. The molecule has 0 saturated heterocycles. The van der Waals surface area contributed by atoms with Crippen LogP contribution in [0.5, 0.6) is 0 Å². The number of aliphatic hydroxyl groups is 1. The lowest BCUT2D eigenvalue weighted by Crippen LogP contribution is -2.13. The average Bonchev–Trinajstić information content (AvgIpc) is 3.01. The van der Waals surface area contributed by atoms with Crippen molar-refractivity contribution in [3.05, 3.63) is 47.0 Å². The van der Waals surface area contributed by atoms with E-state index < -0.39 is 0 Å². The highest BCUT2D eigenvalue weighted by Crippen LogP contribution is 2.42. The number of unbranched alkanes of at least 4 members (excludes halogenated alkanes) is 2. The van der Waals surface area contributed by atoms with Gasteiger partial charge in [-0.3, -0.25) is 0 Å². The average molecular weight is 302 g/mol. The Labute approximate surface area is 134 Å². The molecule has 0 bridgehead atoms. The van der Waals surface area contributed by atoms with Crippen molar-refractivity contribution in [2.24, 2.45) is 0 Å². The van der Waals surface area contributed by atoms with Crippen LogP contribution in [-0.2, 0) is 18.3 Å². The van der Waals surface area contributed by atoms with Crippen LogP contribution < -0.4 is 0 Å². The van der Waals surface area contributed by atoms with Gasteiger partial charge in [-0.1, -0.05) is 50.5 Å². The van der Waals surface area contributed by atoms with Gasteiger partial charge in [0.1, 0.15) is 11.5 Å². The summed E-state index contributed by atoms with van der Waals surface area (Å²) in [6.45, 7) is 6.74. The molecule has 1 aromatic heterocycles. The molecule has 2 nitrogen and oxygen atoms in total. The maximum Gasteiger partial charge on any atom is 0.108 e. The summed E-state index contributed by atoms with van der Waals surface area (Å²) >= 11 is 0. The summed E-state index contributed by atoms with van der Waals surface area (Å²) in [6, 6.07) is 2.29. The standard InChI is InChI=1S/C20H30O2/c1-4-5-6-9-17-15-18-19(22-17)10-13-20(18,3)12-7-8-16(2)11-14-21/h7,11-12,15,21H,4-6,8-10,13-14H2,1-3H3/b12-7+,16-11+. The van der Waals surface area contributed by atoms with Crippen LogP contribution in [0.2, 0.25) is 0 Å². The van der Waals surface area contributed by atoms with Crippen LogP contribution in [0.15, 0.2) is 34.3 Å². The van der Waals surface area contributed by atoms with Gasteiger partial charge in [-0.15, -0.1) is 0 Å². The van der Waals surface area contributed by atoms with E-state index in [0.717, 1.165) is 31.4 Å². The van der Waals surface area contributed by atoms with Crippen molar-refractivity contribution in [2.75, 3.05) is 6.61 Å². The number of hydrogen-bond donors (Lipinski definition) is 1. The van der Waals surface area contributed by atoms with Gasteiger partial charge in [-0.05, 0) is 32.3 Å². The Balaban J connectivity index is 2.02. The molecule has 1 atom stereocenters. The third-order valence-electron chi connectivity index (χ3n) is 4.74. The van der Waals surface area contributed by atoms with Crippen LogP contribution in [-0.4, -0.2) is 11.7 Å². The van der Waals surface area contributed by atoms with Crippen molar-refractivity contribution in [3.8, 4) is 0 Å². The van der Waals surface area contributed by atoms with Crippen molar-refractivity contribution in [1.82, 2.24) is 0 Å². The highest BCUT2D eigenvalue weighted by Gasteiger charge is 2.35. The van der Waals surface area contributed by atoms with Gasteiger partial charge in [0.2, 0.25) is 0 Å². The van der Waals surface area contributed by atoms with Crippen molar-refractivity contribution in [2.45, 2.75) is 71.1 Å². The molecule has 1 heterocycles. The molecule has 1 aliphatic carbocycles. The number of hydrogen-bond acceptors (Lipinski definition) is 2. The fraction of sp³-hybridized carbons (Fsp3) is 0.600. The Hall–Kier alpha value is -1.28. The molecule has 0 aliphatic heterocycles. The molecule has 1 aromatic rings. The second-order valence-corrected chi connectivity index (χ2v) is 6.76. The number of allylic oxidation sites excluding steroid dienone is 3. The lowest BCUT2D eigenvalue weighted by molar-refractivity contribution is 0.341. The van der Waals surface area contributed by atoms with E-state index in [1.54, 1.807) is 0 Å². The molecule has 2 heteroatoms. The highest BCUT2D eigenvalue weighted by atomic mass is 16.3. The first kappa shape index (κ1) is 17.1. The molecule has 1 N–H and O–H groups in total. The van der Waals surface area contributed by atoms with E-state index in [1.165, 1.54) is 36.2 Å². The Bertz CT molecular complexity index is 536. The molecule has 2 rings (SSSR count). The number of fused-ring (bicyclic) bond motifs is 1. The summed E-state index contributed by atoms with van der Waals surface area (Å²) in [7, 11) is 0. The van der Waals surface area contributed by atoms with Gasteiger partial charge in [0, 0.05) is 23.8 Å². The molecule has 1 aliphatic rings. The molecule has 122 valence electrons. The summed E-state index contributed by atoms with van der Waals surface area (Å²) < 4.78 is 6.06. The predicted molar refractivity (Wildman–Crippen MR) is 92.2 cm³/mol. The maximum atomic E-state index is 8.91. The lowest BCUT2D eigenvalue weighted by atomic mass is 9.84. The molecule has 1 unspecified atom stereocenters. The molecule has 0 saturated carbocycles. The van der Waals surface area contributed by atoms with E-state index in [2.05, 4.69) is 39.0 Å². The SMILES string of the molecule is CCCCCc1cc2c(o1)CCC2(C)/C=C/C/C(C)=C/CO. The fourth-order valence-corrected chi connectivity index (χ4v) is 3.25. The number of rotatable bonds is 8. The van der Waals surface area contributed by atoms with E-state index in [1.807, 2.05) is 6.08 Å². The number of aliphatic hydroxyl groups excluding tert-OH is 1. The third kappa shape index (κ3) is 4.13. The largest absolute Gasteiger partial charge is 0.466 e. The van der Waals surface area contributed by atoms with E-state index in [4.69, 9.17) is 9.52 Å². The van der Waals surface area contributed by atoms with E-state index in [-0.39, 0.29) is 12.0 Å². The molecular weight excluding hydrogens is 272 g/mol. The van der Waals surface area contributed by atoms with Gasteiger partial charge in [-0.2, -0.15) is 0 Å². The third-order valence-corrected chi connectivity index (χ3v) is 4.74. The zero-order valence-corrected chi connectivity index (χ0v) is 14.3. The smallest absolute Gasteiger partial charge is 0.108 e. The van der Waals surface area contributed by atoms with Gasteiger partial charge in [-0.25, -0.2) is 0 Å². The molecule has 0 aromatic carbocycles. The van der Waals surface area contributed by atoms with Crippen LogP contribution in [0.4, 0.5) is 0 Å². The summed E-state index contributed by atoms with van der Waals surface area (Å²) in [4.78, 5) is 0. The Morgan fingerprint density at radius 1 is 1.41 bits per heavy atom. The normalized spacial score (nSPS) is 21.7. The highest BCUT2D eigenvalue weighted by molar-refractivity contribution is 5.39. The number of furan rings is 1. The minimum atomic E-state index is 0.112. The van der Waals surface area contributed by atoms with E-state index in [0.29, 0.717) is 0 Å². The maximum absolute atomic E-state index is 8.91. The van der Waals surface area contributed by atoms with Gasteiger partial charge in [0.05, 0.1) is 6.61 Å². The summed E-state index contributed by atoms with van der Waals surface area (Å²) in [5, 5.41) is 8.91. The van der Waals surface area contributed by atoms with Crippen LogP contribution in [0, 0.1) is 0 Å². The van der Waals surface area contributed by atoms with Crippen molar-refractivity contribution < 1.29 is 9.52 Å². The zero-order chi connectivity index (χ0) is 16.0. The van der Waals surface area contributed by atoms with E-state index >= 15 is 0 Å². The Morgan fingerprint density at radius 2 is 2.23 bits per heavy atom. The first-order chi connectivity index (χ1) is 10.6. The first-order valence-electron chi connectivity index (χ1n) is 8.65. The molecular formula is C20H30O2. The van der Waals surface area contributed by atoms with Crippen molar-refractivity contribution in [1.29, 1.82) is 0 Å². The van der Waals surface area contributed by atoms with Crippen LogP contribution in [0.3, 0.4) is 0 Å². The molecule has 0 radical (unpaired) electrons. The van der Waals surface area contributed by atoms with Crippen molar-refractivity contribution in [3.63, 3.8) is 0 Å². The second-order valence-electron chi connectivity index (χ2n) is 6.76. The molecule has 0 fully saturated rings. The lowest BCUT2D eigenvalue weighted by Gasteiger charge is -2.19. The molecule has 0 amide bonds. The quantitative estimate of drug-likeness (QED) is 0.535. The predicted octanol–water partition coefficient (Wildman–Crippen LogP) is 5.10. The Morgan fingerprint density at radius 3 is 2.95 bits per heavy atom. The molecule has 0 spiro atoms. The van der Waals surface area contributed by atoms with Gasteiger partial charge in [0.15, 0.2) is 0 Å².